The predicted molar refractivity (Wildman–Crippen MR) is 161 cm³/mol. The summed E-state index contributed by atoms with van der Waals surface area (Å²) in [5.41, 5.74) is 2.55. The van der Waals surface area contributed by atoms with E-state index in [-0.39, 0.29) is 31.9 Å². The Kier molecular flexibility index (Phi) is 8.87. The molecule has 0 radical (unpaired) electrons. The van der Waals surface area contributed by atoms with Gasteiger partial charge in [0.05, 0.1) is 33.0 Å². The van der Waals surface area contributed by atoms with Crippen LogP contribution in [0.25, 0.3) is 11.0 Å². The number of fused-ring (bicyclic) bond motifs is 2. The number of amides is 2. The summed E-state index contributed by atoms with van der Waals surface area (Å²) >= 11 is 0. The van der Waals surface area contributed by atoms with Crippen molar-refractivity contribution in [1.29, 1.82) is 0 Å². The molecule has 3 aromatic carbocycles. The van der Waals surface area contributed by atoms with Crippen molar-refractivity contribution in [2.24, 2.45) is 0 Å². The smallest absolute Gasteiger partial charge is 0.247 e. The number of aromatic nitrogens is 3. The van der Waals surface area contributed by atoms with Gasteiger partial charge in [-0.25, -0.2) is 4.68 Å². The topological polar surface area (TPSA) is 136 Å². The summed E-state index contributed by atoms with van der Waals surface area (Å²) in [5, 5.41) is 11.5. The lowest BCUT2D eigenvalue weighted by atomic mass is 10.0. The Balaban J connectivity index is 1.43. The van der Waals surface area contributed by atoms with E-state index in [0.29, 0.717) is 58.5 Å². The molecule has 2 atom stereocenters. The Morgan fingerprint density at radius 2 is 1.80 bits per heavy atom. The zero-order valence-electron chi connectivity index (χ0n) is 25.4. The molecule has 0 saturated carbocycles. The van der Waals surface area contributed by atoms with E-state index in [9.17, 15) is 9.59 Å². The van der Waals surface area contributed by atoms with Crippen LogP contribution in [0.2, 0.25) is 0 Å². The molecular weight excluding hydrogens is 582 g/mol. The second kappa shape index (κ2) is 13.3. The van der Waals surface area contributed by atoms with Gasteiger partial charge in [0.1, 0.15) is 18.1 Å². The Bertz CT molecular complexity index is 1660. The van der Waals surface area contributed by atoms with Crippen LogP contribution >= 0.6 is 0 Å². The first-order valence-corrected chi connectivity index (χ1v) is 14.6. The maximum absolute atomic E-state index is 14.4. The highest BCUT2D eigenvalue weighted by molar-refractivity contribution is 5.89. The Labute approximate surface area is 259 Å². The van der Waals surface area contributed by atoms with Gasteiger partial charge in [-0.15, -0.1) is 5.10 Å². The van der Waals surface area contributed by atoms with Gasteiger partial charge in [-0.3, -0.25) is 9.59 Å². The largest absolute Gasteiger partial charge is 0.493 e. The summed E-state index contributed by atoms with van der Waals surface area (Å²) in [6.45, 7) is 0.971. The number of carbonyl (C=O) groups excluding carboxylic acids is 2. The number of rotatable bonds is 12. The van der Waals surface area contributed by atoms with Crippen LogP contribution in [0.15, 0.2) is 54.6 Å². The van der Waals surface area contributed by atoms with Gasteiger partial charge in [0.15, 0.2) is 23.0 Å². The third-order valence-corrected chi connectivity index (χ3v) is 7.91. The van der Waals surface area contributed by atoms with E-state index in [1.54, 1.807) is 18.2 Å². The van der Waals surface area contributed by atoms with Crippen molar-refractivity contribution < 1.29 is 38.0 Å². The number of nitrogens with zero attached hydrogens (tertiary/aromatic N) is 4. The molecule has 0 aliphatic carbocycles. The van der Waals surface area contributed by atoms with E-state index >= 15 is 0 Å². The molecule has 6 rings (SSSR count). The van der Waals surface area contributed by atoms with Crippen LogP contribution in [0.4, 0.5) is 0 Å². The molecule has 1 saturated heterocycles. The van der Waals surface area contributed by atoms with Gasteiger partial charge in [-0.1, -0.05) is 23.4 Å². The molecule has 1 N–H and O–H groups in total. The third-order valence-electron chi connectivity index (χ3n) is 7.91. The van der Waals surface area contributed by atoms with Crippen LogP contribution in [0.5, 0.6) is 28.7 Å². The van der Waals surface area contributed by atoms with Gasteiger partial charge in [-0.05, 0) is 60.4 Å². The molecule has 2 aliphatic rings. The molecule has 13 heteroatoms. The van der Waals surface area contributed by atoms with Crippen LogP contribution in [-0.4, -0.2) is 79.1 Å². The number of carbonyl (C=O) groups is 2. The molecule has 2 amide bonds. The minimum absolute atomic E-state index is 0.0662. The lowest BCUT2D eigenvalue weighted by molar-refractivity contribution is -0.142. The Morgan fingerprint density at radius 3 is 2.53 bits per heavy atom. The first kappa shape index (κ1) is 30.0. The maximum atomic E-state index is 14.4. The average Bonchev–Trinajstić information content (AvgIpc) is 3.84. The van der Waals surface area contributed by atoms with Crippen molar-refractivity contribution in [3.05, 3.63) is 65.7 Å². The zero-order valence-corrected chi connectivity index (χ0v) is 25.4. The second-order valence-corrected chi connectivity index (χ2v) is 10.7. The molecule has 0 unspecified atom stereocenters. The van der Waals surface area contributed by atoms with E-state index in [0.717, 1.165) is 18.4 Å². The molecule has 0 bridgehead atoms. The Hall–Kier alpha value is -5.04. The van der Waals surface area contributed by atoms with Gasteiger partial charge >= 0.3 is 0 Å². The van der Waals surface area contributed by atoms with Crippen LogP contribution in [0.3, 0.4) is 0 Å². The minimum atomic E-state index is -1.10. The monoisotopic (exact) mass is 617 g/mol. The lowest BCUT2D eigenvalue weighted by Gasteiger charge is -2.32. The van der Waals surface area contributed by atoms with Gasteiger partial charge < -0.3 is 38.6 Å². The molecule has 45 heavy (non-hydrogen) atoms. The number of methoxy groups -OCH3 is 3. The van der Waals surface area contributed by atoms with Crippen molar-refractivity contribution in [2.45, 2.75) is 38.1 Å². The molecule has 2 aliphatic heterocycles. The summed E-state index contributed by atoms with van der Waals surface area (Å²) in [5.74, 6) is 1.48. The number of ether oxygens (including phenoxy) is 6. The normalized spacial score (nSPS) is 15.9. The van der Waals surface area contributed by atoms with E-state index in [2.05, 4.69) is 15.6 Å². The molecule has 3 heterocycles. The zero-order chi connectivity index (χ0) is 31.3. The van der Waals surface area contributed by atoms with Crippen LogP contribution in [0.1, 0.15) is 30.0 Å². The molecule has 4 aromatic rings. The Morgan fingerprint density at radius 1 is 1.02 bits per heavy atom. The summed E-state index contributed by atoms with van der Waals surface area (Å²) in [6, 6.07) is 15.1. The molecule has 1 fully saturated rings. The highest BCUT2D eigenvalue weighted by Gasteiger charge is 2.35. The molecular formula is C32H35N5O8. The number of hydrogen-bond donors (Lipinski definition) is 1. The van der Waals surface area contributed by atoms with E-state index < -0.39 is 11.9 Å². The first-order chi connectivity index (χ1) is 22.0. The fraction of sp³-hybridized carbons (Fsp3) is 0.375. The van der Waals surface area contributed by atoms with Crippen LogP contribution < -0.4 is 29.0 Å². The highest BCUT2D eigenvalue weighted by atomic mass is 16.7. The lowest BCUT2D eigenvalue weighted by Crippen LogP contribution is -2.46. The standard InChI is InChI=1S/C32H35N5O8/c1-40-27-14-21(15-28(41-2)31(27)42-3)30(32(39)33-16-22-7-6-12-43-22)36(17-20-10-11-25-26(13-20)45-19-44-25)29(38)18-37-24-9-5-4-8-23(24)34-35-37/h4-5,8-11,13-15,22,30H,6-7,12,16-19H2,1-3H3,(H,33,39)/t22-,30+/m1/s1. The van der Waals surface area contributed by atoms with Crippen molar-refractivity contribution in [2.75, 3.05) is 41.3 Å². The van der Waals surface area contributed by atoms with Gasteiger partial charge in [0.2, 0.25) is 24.4 Å². The highest BCUT2D eigenvalue weighted by Crippen LogP contribution is 2.41. The molecule has 236 valence electrons. The predicted octanol–water partition coefficient (Wildman–Crippen LogP) is 3.25. The fourth-order valence-electron chi connectivity index (χ4n) is 5.66. The second-order valence-electron chi connectivity index (χ2n) is 10.7. The number of nitrogens with one attached hydrogen (secondary N) is 1. The molecule has 13 nitrogen and oxygen atoms in total. The van der Waals surface area contributed by atoms with E-state index in [1.807, 2.05) is 36.4 Å². The van der Waals surface area contributed by atoms with Crippen molar-refractivity contribution >= 4 is 22.8 Å². The maximum Gasteiger partial charge on any atom is 0.247 e. The van der Waals surface area contributed by atoms with Gasteiger partial charge in [0, 0.05) is 19.7 Å². The van der Waals surface area contributed by atoms with Crippen molar-refractivity contribution in [3.8, 4) is 28.7 Å². The first-order valence-electron chi connectivity index (χ1n) is 14.6. The van der Waals surface area contributed by atoms with Crippen LogP contribution in [-0.2, 0) is 27.4 Å². The van der Waals surface area contributed by atoms with Crippen molar-refractivity contribution in [1.82, 2.24) is 25.2 Å². The number of hydrogen-bond acceptors (Lipinski definition) is 10. The quantitative estimate of drug-likeness (QED) is 0.252. The summed E-state index contributed by atoms with van der Waals surface area (Å²) < 4.78 is 35.1. The van der Waals surface area contributed by atoms with Crippen molar-refractivity contribution in [3.63, 3.8) is 0 Å². The van der Waals surface area contributed by atoms with E-state index in [1.165, 1.54) is 30.9 Å². The SMILES string of the molecule is COc1cc([C@@H](C(=O)NC[C@H]2CCCO2)N(Cc2ccc3c(c2)OCO3)C(=O)Cn2nnc3ccccc32)cc(OC)c1OC. The van der Waals surface area contributed by atoms with E-state index in [4.69, 9.17) is 28.4 Å². The third kappa shape index (κ3) is 6.29. The van der Waals surface area contributed by atoms with Crippen LogP contribution in [0, 0.1) is 0 Å². The number of benzene rings is 3. The molecule has 0 spiro atoms. The van der Waals surface area contributed by atoms with Gasteiger partial charge in [0.25, 0.3) is 0 Å². The number of para-hydroxylation sites is 1. The summed E-state index contributed by atoms with van der Waals surface area (Å²) in [4.78, 5) is 30.1. The van der Waals surface area contributed by atoms with Gasteiger partial charge in [-0.2, -0.15) is 0 Å². The average molecular weight is 618 g/mol. The minimum Gasteiger partial charge on any atom is -0.493 e. The summed E-state index contributed by atoms with van der Waals surface area (Å²) in [7, 11) is 4.50. The molecule has 1 aromatic heterocycles. The fourth-order valence-corrected chi connectivity index (χ4v) is 5.66. The summed E-state index contributed by atoms with van der Waals surface area (Å²) in [6.07, 6.45) is 1.67.